The summed E-state index contributed by atoms with van der Waals surface area (Å²) >= 11 is 0. The molecule has 1 heterocycles. The van der Waals surface area contributed by atoms with E-state index in [4.69, 9.17) is 10.8 Å². The summed E-state index contributed by atoms with van der Waals surface area (Å²) in [7, 11) is 0. The predicted molar refractivity (Wildman–Crippen MR) is 60.9 cm³/mol. The molecule has 1 aliphatic rings. The number of hydrogen-bond donors (Lipinski definition) is 2. The van der Waals surface area contributed by atoms with Crippen LogP contribution in [0.15, 0.2) is 29.2 Å². The number of nitrogen functional groups attached to an aromatic ring is 1. The third-order valence-corrected chi connectivity index (χ3v) is 2.87. The molecule has 16 heavy (non-hydrogen) atoms. The summed E-state index contributed by atoms with van der Waals surface area (Å²) in [6.07, 6.45) is 7.26. The highest BCUT2D eigenvalue weighted by Crippen LogP contribution is 2.25. The minimum absolute atomic E-state index is 0.0218. The molecule has 0 fully saturated rings. The summed E-state index contributed by atoms with van der Waals surface area (Å²) in [6.45, 7) is 0.151. The first-order chi connectivity index (χ1) is 7.70. The van der Waals surface area contributed by atoms with Crippen LogP contribution in [0.5, 0.6) is 0 Å². The molecule has 0 aliphatic heterocycles. The Balaban J connectivity index is 2.27. The van der Waals surface area contributed by atoms with Crippen LogP contribution in [0.4, 0.5) is 5.82 Å². The zero-order valence-corrected chi connectivity index (χ0v) is 8.91. The Bertz CT molecular complexity index is 453. The highest BCUT2D eigenvalue weighted by atomic mass is 16.3. The first-order valence-corrected chi connectivity index (χ1v) is 5.33. The van der Waals surface area contributed by atoms with Crippen LogP contribution >= 0.6 is 0 Å². The van der Waals surface area contributed by atoms with Crippen molar-refractivity contribution in [2.45, 2.75) is 18.9 Å². The molecule has 5 nitrogen and oxygen atoms in total. The van der Waals surface area contributed by atoms with Gasteiger partial charge in [-0.1, -0.05) is 12.2 Å². The van der Waals surface area contributed by atoms with Gasteiger partial charge in [0.25, 0.3) is 0 Å². The molecule has 0 unspecified atom stereocenters. The van der Waals surface area contributed by atoms with Gasteiger partial charge in [-0.05, 0) is 24.8 Å². The van der Waals surface area contributed by atoms with Gasteiger partial charge in [-0.3, -0.25) is 4.57 Å². The number of rotatable bonds is 2. The lowest BCUT2D eigenvalue weighted by molar-refractivity contribution is 0.203. The van der Waals surface area contributed by atoms with Crippen molar-refractivity contribution in [3.63, 3.8) is 0 Å². The monoisotopic (exact) mass is 221 g/mol. The van der Waals surface area contributed by atoms with Gasteiger partial charge in [0.2, 0.25) is 0 Å². The first-order valence-electron chi connectivity index (χ1n) is 5.33. The molecule has 86 valence electrons. The fourth-order valence-electron chi connectivity index (χ4n) is 1.98. The number of aliphatic hydroxyl groups is 1. The SMILES string of the molecule is Nc1ccn([C@H]2C=CC[C@@H](CO)C2)c(=O)n1. The van der Waals surface area contributed by atoms with Crippen molar-refractivity contribution in [1.29, 1.82) is 0 Å². The van der Waals surface area contributed by atoms with E-state index in [9.17, 15) is 4.79 Å². The zero-order valence-electron chi connectivity index (χ0n) is 8.91. The normalized spacial score (nSPS) is 24.6. The maximum atomic E-state index is 11.6. The minimum Gasteiger partial charge on any atom is -0.396 e. The van der Waals surface area contributed by atoms with Crippen molar-refractivity contribution in [3.05, 3.63) is 34.9 Å². The molecule has 1 aromatic rings. The summed E-state index contributed by atoms with van der Waals surface area (Å²) in [5.74, 6) is 0.458. The lowest BCUT2D eigenvalue weighted by atomic mass is 9.91. The van der Waals surface area contributed by atoms with Gasteiger partial charge in [0.05, 0.1) is 6.04 Å². The highest BCUT2D eigenvalue weighted by molar-refractivity contribution is 5.24. The molecule has 2 rings (SSSR count). The van der Waals surface area contributed by atoms with Gasteiger partial charge < -0.3 is 10.8 Å². The van der Waals surface area contributed by atoms with Crippen LogP contribution in [0.3, 0.4) is 0 Å². The van der Waals surface area contributed by atoms with E-state index < -0.39 is 0 Å². The maximum Gasteiger partial charge on any atom is 0.350 e. The van der Waals surface area contributed by atoms with E-state index in [2.05, 4.69) is 4.98 Å². The van der Waals surface area contributed by atoms with Crippen LogP contribution in [0.25, 0.3) is 0 Å². The van der Waals surface area contributed by atoms with Crippen LogP contribution in [0.1, 0.15) is 18.9 Å². The molecule has 0 aromatic carbocycles. The lowest BCUT2D eigenvalue weighted by Gasteiger charge is -2.24. The lowest BCUT2D eigenvalue weighted by Crippen LogP contribution is -2.29. The van der Waals surface area contributed by atoms with Gasteiger partial charge in [0.15, 0.2) is 0 Å². The largest absolute Gasteiger partial charge is 0.396 e. The number of hydrogen-bond acceptors (Lipinski definition) is 4. The van der Waals surface area contributed by atoms with E-state index in [0.717, 1.165) is 12.8 Å². The number of allylic oxidation sites excluding steroid dienone is 2. The Morgan fingerprint density at radius 2 is 2.44 bits per heavy atom. The van der Waals surface area contributed by atoms with E-state index in [1.807, 2.05) is 12.2 Å². The van der Waals surface area contributed by atoms with E-state index in [1.165, 1.54) is 0 Å². The Morgan fingerprint density at radius 3 is 3.12 bits per heavy atom. The minimum atomic E-state index is -0.340. The molecule has 3 N–H and O–H groups in total. The standard InChI is InChI=1S/C11H15N3O2/c12-10-4-5-14(11(16)13-10)9-3-1-2-8(6-9)7-15/h1,3-5,8-9,15H,2,6-7H2,(H2,12,13,16)/t8-,9+/m1/s1. The Morgan fingerprint density at radius 1 is 1.62 bits per heavy atom. The fourth-order valence-corrected chi connectivity index (χ4v) is 1.98. The Kier molecular flexibility index (Phi) is 3.05. The van der Waals surface area contributed by atoms with Crippen molar-refractivity contribution in [2.75, 3.05) is 12.3 Å². The molecule has 5 heteroatoms. The predicted octanol–water partition coefficient (Wildman–Crippen LogP) is 0.325. The molecule has 1 aromatic heterocycles. The van der Waals surface area contributed by atoms with Gasteiger partial charge >= 0.3 is 5.69 Å². The summed E-state index contributed by atoms with van der Waals surface area (Å²) in [4.78, 5) is 15.3. The van der Waals surface area contributed by atoms with Crippen molar-refractivity contribution in [2.24, 2.45) is 5.92 Å². The van der Waals surface area contributed by atoms with E-state index in [-0.39, 0.29) is 30.1 Å². The summed E-state index contributed by atoms with van der Waals surface area (Å²) < 4.78 is 1.55. The van der Waals surface area contributed by atoms with Crippen LogP contribution in [0.2, 0.25) is 0 Å². The maximum absolute atomic E-state index is 11.6. The van der Waals surface area contributed by atoms with Crippen molar-refractivity contribution in [3.8, 4) is 0 Å². The van der Waals surface area contributed by atoms with Crippen LogP contribution < -0.4 is 11.4 Å². The molecule has 0 spiro atoms. The Hall–Kier alpha value is -1.62. The van der Waals surface area contributed by atoms with E-state index in [1.54, 1.807) is 16.8 Å². The van der Waals surface area contributed by atoms with E-state index >= 15 is 0 Å². The van der Waals surface area contributed by atoms with Crippen molar-refractivity contribution >= 4 is 5.82 Å². The third-order valence-electron chi connectivity index (χ3n) is 2.87. The molecule has 1 aliphatic carbocycles. The van der Waals surface area contributed by atoms with Gasteiger partial charge in [0, 0.05) is 12.8 Å². The summed E-state index contributed by atoms with van der Waals surface area (Å²) in [5, 5.41) is 9.11. The number of anilines is 1. The fraction of sp³-hybridized carbons (Fsp3) is 0.455. The van der Waals surface area contributed by atoms with Crippen molar-refractivity contribution < 1.29 is 5.11 Å². The Labute approximate surface area is 93.2 Å². The molecule has 0 saturated heterocycles. The topological polar surface area (TPSA) is 81.1 Å². The van der Waals surface area contributed by atoms with Crippen molar-refractivity contribution in [1.82, 2.24) is 9.55 Å². The molecule has 0 radical (unpaired) electrons. The molecular formula is C11H15N3O2. The molecule has 0 amide bonds. The number of aromatic nitrogens is 2. The number of nitrogens with two attached hydrogens (primary N) is 1. The molecule has 2 atom stereocenters. The van der Waals surface area contributed by atoms with Crippen LogP contribution in [0, 0.1) is 5.92 Å². The van der Waals surface area contributed by atoms with Gasteiger partial charge in [-0.25, -0.2) is 4.79 Å². The second-order valence-electron chi connectivity index (χ2n) is 4.06. The molecular weight excluding hydrogens is 206 g/mol. The second kappa shape index (κ2) is 4.49. The van der Waals surface area contributed by atoms with E-state index in [0.29, 0.717) is 0 Å². The summed E-state index contributed by atoms with van der Waals surface area (Å²) in [5.41, 5.74) is 5.09. The van der Waals surface area contributed by atoms with Crippen LogP contribution in [-0.2, 0) is 0 Å². The second-order valence-corrected chi connectivity index (χ2v) is 4.06. The third kappa shape index (κ3) is 2.14. The smallest absolute Gasteiger partial charge is 0.350 e. The summed E-state index contributed by atoms with van der Waals surface area (Å²) in [6, 6.07) is 1.59. The van der Waals surface area contributed by atoms with Gasteiger partial charge in [-0.2, -0.15) is 4.98 Å². The quantitative estimate of drug-likeness (QED) is 0.705. The van der Waals surface area contributed by atoms with Gasteiger partial charge in [0.1, 0.15) is 5.82 Å². The average Bonchev–Trinajstić information content (AvgIpc) is 2.29. The van der Waals surface area contributed by atoms with Crippen LogP contribution in [-0.4, -0.2) is 21.3 Å². The molecule has 0 saturated carbocycles. The zero-order chi connectivity index (χ0) is 11.5. The van der Waals surface area contributed by atoms with Gasteiger partial charge in [-0.15, -0.1) is 0 Å². The number of nitrogens with zero attached hydrogens (tertiary/aromatic N) is 2. The first kappa shape index (κ1) is 10.9. The average molecular weight is 221 g/mol. The molecule has 0 bridgehead atoms. The highest BCUT2D eigenvalue weighted by Gasteiger charge is 2.19. The number of aliphatic hydroxyl groups excluding tert-OH is 1.